The summed E-state index contributed by atoms with van der Waals surface area (Å²) in [6.07, 6.45) is 1.03. The number of hydrogen-bond acceptors (Lipinski definition) is 4. The zero-order chi connectivity index (χ0) is 16.0. The molecule has 4 nitrogen and oxygen atoms in total. The Labute approximate surface area is 132 Å². The van der Waals surface area contributed by atoms with E-state index in [-0.39, 0.29) is 0 Å². The quantitative estimate of drug-likeness (QED) is 0.559. The monoisotopic (exact) mass is 330 g/mol. The molecule has 0 aliphatic carbocycles. The van der Waals surface area contributed by atoms with E-state index in [0.29, 0.717) is 24.5 Å². The third kappa shape index (κ3) is 4.64. The van der Waals surface area contributed by atoms with Crippen LogP contribution in [0.15, 0.2) is 22.4 Å². The molecule has 0 unspecified atom stereocenters. The van der Waals surface area contributed by atoms with Gasteiger partial charge in [0.15, 0.2) is 0 Å². The number of likely N-dealkylation sites (N-methyl/N-ethyl adjacent to an activating group) is 1. The molecule has 1 N–H and O–H groups in total. The van der Waals surface area contributed by atoms with Gasteiger partial charge in [-0.05, 0) is 37.8 Å². The number of hydrogen-bond donors (Lipinski definition) is 1. The molecule has 0 amide bonds. The molecule has 0 aliphatic rings. The third-order valence-electron chi connectivity index (χ3n) is 3.10. The Hall–Kier alpha value is -0.690. The van der Waals surface area contributed by atoms with Crippen LogP contribution in [0.25, 0.3) is 0 Å². The van der Waals surface area contributed by atoms with E-state index in [4.69, 9.17) is 0 Å². The van der Waals surface area contributed by atoms with Gasteiger partial charge < -0.3 is 5.32 Å². The SMILES string of the molecule is C=C(C)CN(CC)S(=O)(=O)c1c(C)csc1CNCCC. The number of nitrogens with zero attached hydrogens (tertiary/aromatic N) is 1. The first kappa shape index (κ1) is 18.4. The summed E-state index contributed by atoms with van der Waals surface area (Å²) in [7, 11) is -3.46. The summed E-state index contributed by atoms with van der Waals surface area (Å²) in [5.41, 5.74) is 1.67. The second-order valence-electron chi connectivity index (χ2n) is 5.24. The van der Waals surface area contributed by atoms with E-state index in [9.17, 15) is 8.42 Å². The summed E-state index contributed by atoms with van der Waals surface area (Å²) < 4.78 is 27.3. The van der Waals surface area contributed by atoms with Gasteiger partial charge in [-0.15, -0.1) is 11.3 Å². The van der Waals surface area contributed by atoms with Crippen molar-refractivity contribution >= 4 is 21.4 Å². The molecule has 21 heavy (non-hydrogen) atoms. The number of nitrogens with one attached hydrogen (secondary N) is 1. The van der Waals surface area contributed by atoms with Gasteiger partial charge in [-0.25, -0.2) is 8.42 Å². The predicted molar refractivity (Wildman–Crippen MR) is 90.3 cm³/mol. The van der Waals surface area contributed by atoms with E-state index in [0.717, 1.165) is 29.0 Å². The van der Waals surface area contributed by atoms with Crippen LogP contribution in [0, 0.1) is 6.92 Å². The summed E-state index contributed by atoms with van der Waals surface area (Å²) in [5.74, 6) is 0. The summed E-state index contributed by atoms with van der Waals surface area (Å²) >= 11 is 1.51. The average molecular weight is 331 g/mol. The maximum atomic E-state index is 12.9. The van der Waals surface area contributed by atoms with Crippen molar-refractivity contribution in [3.05, 3.63) is 28.0 Å². The summed E-state index contributed by atoms with van der Waals surface area (Å²) in [6, 6.07) is 0. The van der Waals surface area contributed by atoms with Crippen LogP contribution in [0.5, 0.6) is 0 Å². The maximum absolute atomic E-state index is 12.9. The Kier molecular flexibility index (Phi) is 7.06. The fraction of sp³-hybridized carbons (Fsp3) is 0.600. The van der Waals surface area contributed by atoms with Crippen LogP contribution in [0.1, 0.15) is 37.6 Å². The lowest BCUT2D eigenvalue weighted by Crippen LogP contribution is -2.33. The fourth-order valence-electron chi connectivity index (χ4n) is 2.13. The molecule has 0 aliphatic heterocycles. The Bertz CT molecular complexity index is 576. The van der Waals surface area contributed by atoms with Crippen LogP contribution >= 0.6 is 11.3 Å². The van der Waals surface area contributed by atoms with Gasteiger partial charge in [0.1, 0.15) is 4.90 Å². The lowest BCUT2D eigenvalue weighted by atomic mass is 10.3. The highest BCUT2D eigenvalue weighted by atomic mass is 32.2. The topological polar surface area (TPSA) is 49.4 Å². The lowest BCUT2D eigenvalue weighted by Gasteiger charge is -2.21. The van der Waals surface area contributed by atoms with Gasteiger partial charge >= 0.3 is 0 Å². The molecule has 0 saturated carbocycles. The standard InChI is InChI=1S/C15H26N2O2S2/c1-6-8-16-9-14-15(13(5)11-20-14)21(18,19)17(7-2)10-12(3)4/h11,16H,3,6-10H2,1-2,4-5H3. The third-order valence-corrected chi connectivity index (χ3v) is 6.48. The van der Waals surface area contributed by atoms with E-state index >= 15 is 0 Å². The predicted octanol–water partition coefficient (Wildman–Crippen LogP) is 3.14. The molecule has 0 bridgehead atoms. The van der Waals surface area contributed by atoms with E-state index in [1.165, 1.54) is 15.6 Å². The molecule has 1 rings (SSSR count). The van der Waals surface area contributed by atoms with Crippen molar-refractivity contribution in [2.45, 2.75) is 45.6 Å². The molecular weight excluding hydrogens is 304 g/mol. The highest BCUT2D eigenvalue weighted by Crippen LogP contribution is 2.29. The molecule has 1 heterocycles. The molecule has 0 fully saturated rings. The van der Waals surface area contributed by atoms with E-state index in [1.54, 1.807) is 0 Å². The molecule has 1 aromatic heterocycles. The zero-order valence-electron chi connectivity index (χ0n) is 13.4. The number of sulfonamides is 1. The highest BCUT2D eigenvalue weighted by Gasteiger charge is 2.28. The Morgan fingerprint density at radius 2 is 2.10 bits per heavy atom. The first-order valence-electron chi connectivity index (χ1n) is 7.26. The molecule has 0 atom stereocenters. The largest absolute Gasteiger partial charge is 0.312 e. The van der Waals surface area contributed by atoms with Gasteiger partial charge in [0, 0.05) is 24.5 Å². The van der Waals surface area contributed by atoms with Crippen molar-refractivity contribution in [3.8, 4) is 0 Å². The molecule has 0 radical (unpaired) electrons. The van der Waals surface area contributed by atoms with Crippen LogP contribution in [-0.4, -0.2) is 32.4 Å². The van der Waals surface area contributed by atoms with Crippen molar-refractivity contribution in [1.82, 2.24) is 9.62 Å². The van der Waals surface area contributed by atoms with Crippen molar-refractivity contribution in [1.29, 1.82) is 0 Å². The van der Waals surface area contributed by atoms with E-state index < -0.39 is 10.0 Å². The van der Waals surface area contributed by atoms with Crippen LogP contribution in [-0.2, 0) is 16.6 Å². The summed E-state index contributed by atoms with van der Waals surface area (Å²) in [5, 5.41) is 5.21. The summed E-state index contributed by atoms with van der Waals surface area (Å²) in [4.78, 5) is 1.36. The molecule has 6 heteroatoms. The van der Waals surface area contributed by atoms with Crippen LogP contribution in [0.4, 0.5) is 0 Å². The van der Waals surface area contributed by atoms with Gasteiger partial charge in [-0.3, -0.25) is 0 Å². The molecule has 0 saturated heterocycles. The Balaban J connectivity index is 3.11. The van der Waals surface area contributed by atoms with Gasteiger partial charge in [-0.1, -0.05) is 26.0 Å². The minimum absolute atomic E-state index is 0.371. The lowest BCUT2D eigenvalue weighted by molar-refractivity contribution is 0.452. The van der Waals surface area contributed by atoms with Gasteiger partial charge in [0.05, 0.1) is 0 Å². The minimum Gasteiger partial charge on any atom is -0.312 e. The second kappa shape index (κ2) is 8.08. The normalized spacial score (nSPS) is 12.0. The van der Waals surface area contributed by atoms with Crippen LogP contribution in [0.3, 0.4) is 0 Å². The first-order valence-corrected chi connectivity index (χ1v) is 9.58. The molecule has 0 aromatic carbocycles. The first-order chi connectivity index (χ1) is 9.84. The number of aryl methyl sites for hydroxylation is 1. The smallest absolute Gasteiger partial charge is 0.244 e. The van der Waals surface area contributed by atoms with E-state index in [1.807, 2.05) is 26.2 Å². The van der Waals surface area contributed by atoms with Gasteiger partial charge in [0.25, 0.3) is 0 Å². The minimum atomic E-state index is -3.46. The second-order valence-corrected chi connectivity index (χ2v) is 8.08. The highest BCUT2D eigenvalue weighted by molar-refractivity contribution is 7.89. The van der Waals surface area contributed by atoms with Crippen molar-refractivity contribution in [2.75, 3.05) is 19.6 Å². The van der Waals surface area contributed by atoms with Crippen LogP contribution < -0.4 is 5.32 Å². The van der Waals surface area contributed by atoms with E-state index in [2.05, 4.69) is 18.8 Å². The summed E-state index contributed by atoms with van der Waals surface area (Å²) in [6.45, 7) is 13.8. The fourth-order valence-corrected chi connectivity index (χ4v) is 5.37. The Morgan fingerprint density at radius 1 is 1.43 bits per heavy atom. The molecular formula is C15H26N2O2S2. The zero-order valence-corrected chi connectivity index (χ0v) is 15.0. The maximum Gasteiger partial charge on any atom is 0.244 e. The Morgan fingerprint density at radius 3 is 2.62 bits per heavy atom. The van der Waals surface area contributed by atoms with Gasteiger partial charge in [0.2, 0.25) is 10.0 Å². The molecule has 1 aromatic rings. The van der Waals surface area contributed by atoms with Crippen molar-refractivity contribution in [3.63, 3.8) is 0 Å². The molecule has 0 spiro atoms. The number of rotatable bonds is 9. The van der Waals surface area contributed by atoms with Crippen LogP contribution in [0.2, 0.25) is 0 Å². The number of thiophene rings is 1. The van der Waals surface area contributed by atoms with Crippen molar-refractivity contribution < 1.29 is 8.42 Å². The average Bonchev–Trinajstić information content (AvgIpc) is 2.77. The molecule has 120 valence electrons. The van der Waals surface area contributed by atoms with Crippen molar-refractivity contribution in [2.24, 2.45) is 0 Å². The van der Waals surface area contributed by atoms with Gasteiger partial charge in [-0.2, -0.15) is 4.31 Å².